The molecule has 0 radical (unpaired) electrons. The van der Waals surface area contributed by atoms with Gasteiger partial charge in [-0.25, -0.2) is 4.68 Å². The van der Waals surface area contributed by atoms with Crippen molar-refractivity contribution in [2.45, 2.75) is 6.54 Å². The molecule has 0 bridgehead atoms. The first-order chi connectivity index (χ1) is 12.6. The average molecular weight is 417 g/mol. The number of aromatic nitrogens is 3. The number of rotatable bonds is 6. The van der Waals surface area contributed by atoms with Gasteiger partial charge < -0.3 is 14.8 Å². The van der Waals surface area contributed by atoms with Crippen LogP contribution in [-0.4, -0.2) is 34.9 Å². The lowest BCUT2D eigenvalue weighted by atomic mass is 10.2. The van der Waals surface area contributed by atoms with E-state index < -0.39 is 0 Å². The molecule has 3 aromatic rings. The Labute approximate surface area is 159 Å². The Morgan fingerprint density at radius 2 is 2.08 bits per heavy atom. The fourth-order valence-electron chi connectivity index (χ4n) is 2.53. The van der Waals surface area contributed by atoms with Crippen molar-refractivity contribution in [2.24, 2.45) is 0 Å². The van der Waals surface area contributed by atoms with Crippen LogP contribution in [-0.2, 0) is 6.54 Å². The summed E-state index contributed by atoms with van der Waals surface area (Å²) >= 11 is 3.31. The summed E-state index contributed by atoms with van der Waals surface area (Å²) in [4.78, 5) is 16.4. The maximum Gasteiger partial charge on any atom is 0.258 e. The van der Waals surface area contributed by atoms with Gasteiger partial charge in [0.05, 0.1) is 32.5 Å². The molecule has 0 aliphatic rings. The highest BCUT2D eigenvalue weighted by atomic mass is 79.9. The maximum atomic E-state index is 12.4. The Bertz CT molecular complexity index is 926. The molecule has 0 saturated heterocycles. The lowest BCUT2D eigenvalue weighted by molar-refractivity contribution is 0.102. The van der Waals surface area contributed by atoms with Crippen molar-refractivity contribution in [2.75, 3.05) is 19.5 Å². The lowest BCUT2D eigenvalue weighted by Crippen LogP contribution is -2.16. The largest absolute Gasteiger partial charge is 0.493 e. The Kier molecular flexibility index (Phi) is 5.52. The molecular formula is C18H17BrN4O3. The normalized spacial score (nSPS) is 10.4. The second kappa shape index (κ2) is 8.01. The van der Waals surface area contributed by atoms with Gasteiger partial charge in [0.15, 0.2) is 11.5 Å². The van der Waals surface area contributed by atoms with Crippen LogP contribution in [0, 0.1) is 0 Å². The predicted molar refractivity (Wildman–Crippen MR) is 101 cm³/mol. The molecule has 8 heteroatoms. The summed E-state index contributed by atoms with van der Waals surface area (Å²) in [6.45, 7) is 0.416. The molecule has 1 N–H and O–H groups in total. The van der Waals surface area contributed by atoms with E-state index in [1.165, 1.54) is 6.20 Å². The van der Waals surface area contributed by atoms with Gasteiger partial charge in [0, 0.05) is 28.5 Å². The Morgan fingerprint density at radius 3 is 2.81 bits per heavy atom. The molecule has 0 atom stereocenters. The standard InChI is InChI=1S/C18H17BrN4O3/c1-25-15-5-3-4-12(17(15)26-2)11-23-16(6-7-21-23)22-18(24)13-8-14(19)10-20-9-13/h3-10H,11H2,1-2H3,(H,22,24). The number of ether oxygens (including phenoxy) is 2. The highest BCUT2D eigenvalue weighted by Crippen LogP contribution is 2.31. The molecule has 2 heterocycles. The summed E-state index contributed by atoms with van der Waals surface area (Å²) in [6, 6.07) is 9.07. The summed E-state index contributed by atoms with van der Waals surface area (Å²) in [6.07, 6.45) is 4.75. The number of nitrogens with one attached hydrogen (secondary N) is 1. The monoisotopic (exact) mass is 416 g/mol. The second-order valence-electron chi connectivity index (χ2n) is 5.37. The van der Waals surface area contributed by atoms with Crippen LogP contribution in [0.1, 0.15) is 15.9 Å². The van der Waals surface area contributed by atoms with Crippen molar-refractivity contribution in [3.8, 4) is 11.5 Å². The number of para-hydroxylation sites is 1. The van der Waals surface area contributed by atoms with E-state index >= 15 is 0 Å². The molecule has 134 valence electrons. The SMILES string of the molecule is COc1cccc(Cn2nccc2NC(=O)c2cncc(Br)c2)c1OC. The van der Waals surface area contributed by atoms with E-state index in [2.05, 4.69) is 31.3 Å². The summed E-state index contributed by atoms with van der Waals surface area (Å²) in [5, 5.41) is 7.14. The number of hydrogen-bond acceptors (Lipinski definition) is 5. The molecule has 1 amide bonds. The smallest absolute Gasteiger partial charge is 0.258 e. The molecule has 26 heavy (non-hydrogen) atoms. The van der Waals surface area contributed by atoms with Gasteiger partial charge in [-0.2, -0.15) is 5.10 Å². The van der Waals surface area contributed by atoms with Crippen molar-refractivity contribution in [1.82, 2.24) is 14.8 Å². The number of carbonyl (C=O) groups excluding carboxylic acids is 1. The third-order valence-corrected chi connectivity index (χ3v) is 4.16. The zero-order chi connectivity index (χ0) is 18.5. The van der Waals surface area contributed by atoms with Gasteiger partial charge in [-0.1, -0.05) is 12.1 Å². The molecule has 1 aromatic carbocycles. The van der Waals surface area contributed by atoms with Gasteiger partial charge in [0.1, 0.15) is 5.82 Å². The van der Waals surface area contributed by atoms with Crippen LogP contribution in [0.5, 0.6) is 11.5 Å². The fraction of sp³-hybridized carbons (Fsp3) is 0.167. The van der Waals surface area contributed by atoms with E-state index in [1.807, 2.05) is 18.2 Å². The fourth-order valence-corrected chi connectivity index (χ4v) is 2.89. The van der Waals surface area contributed by atoms with Gasteiger partial charge in [0.25, 0.3) is 5.91 Å². The first kappa shape index (κ1) is 17.9. The minimum absolute atomic E-state index is 0.266. The van der Waals surface area contributed by atoms with Crippen LogP contribution in [0.3, 0.4) is 0 Å². The third kappa shape index (κ3) is 3.85. The number of anilines is 1. The van der Waals surface area contributed by atoms with Gasteiger partial charge in [-0.05, 0) is 28.1 Å². The lowest BCUT2D eigenvalue weighted by Gasteiger charge is -2.14. The summed E-state index contributed by atoms with van der Waals surface area (Å²) in [5.41, 5.74) is 1.33. The van der Waals surface area contributed by atoms with E-state index in [-0.39, 0.29) is 5.91 Å². The number of nitrogens with zero attached hydrogens (tertiary/aromatic N) is 3. The van der Waals surface area contributed by atoms with Crippen LogP contribution in [0.25, 0.3) is 0 Å². The van der Waals surface area contributed by atoms with Crippen LogP contribution >= 0.6 is 15.9 Å². The number of halogens is 1. The van der Waals surface area contributed by atoms with Crippen molar-refractivity contribution in [3.63, 3.8) is 0 Å². The van der Waals surface area contributed by atoms with Crippen molar-refractivity contribution >= 4 is 27.7 Å². The minimum Gasteiger partial charge on any atom is -0.493 e. The quantitative estimate of drug-likeness (QED) is 0.666. The molecule has 0 aliphatic heterocycles. The minimum atomic E-state index is -0.266. The number of amides is 1. The van der Waals surface area contributed by atoms with Crippen LogP contribution in [0.4, 0.5) is 5.82 Å². The van der Waals surface area contributed by atoms with Crippen molar-refractivity contribution < 1.29 is 14.3 Å². The Balaban J connectivity index is 1.82. The van der Waals surface area contributed by atoms with E-state index in [4.69, 9.17) is 9.47 Å². The van der Waals surface area contributed by atoms with Crippen LogP contribution < -0.4 is 14.8 Å². The number of pyridine rings is 1. The summed E-state index contributed by atoms with van der Waals surface area (Å²) < 4.78 is 13.2. The molecule has 0 unspecified atom stereocenters. The molecular weight excluding hydrogens is 400 g/mol. The van der Waals surface area contributed by atoms with Gasteiger partial charge in [-0.15, -0.1) is 0 Å². The van der Waals surface area contributed by atoms with Crippen molar-refractivity contribution in [1.29, 1.82) is 0 Å². The predicted octanol–water partition coefficient (Wildman–Crippen LogP) is 3.36. The highest BCUT2D eigenvalue weighted by Gasteiger charge is 2.14. The van der Waals surface area contributed by atoms with E-state index in [9.17, 15) is 4.79 Å². The van der Waals surface area contributed by atoms with E-state index in [1.54, 1.807) is 43.4 Å². The molecule has 2 aromatic heterocycles. The van der Waals surface area contributed by atoms with Gasteiger partial charge in [-0.3, -0.25) is 9.78 Å². The maximum absolute atomic E-state index is 12.4. The summed E-state index contributed by atoms with van der Waals surface area (Å²) in [7, 11) is 3.18. The molecule has 7 nitrogen and oxygen atoms in total. The average Bonchev–Trinajstić information content (AvgIpc) is 3.08. The molecule has 0 spiro atoms. The Hall–Kier alpha value is -2.87. The highest BCUT2D eigenvalue weighted by molar-refractivity contribution is 9.10. The molecule has 0 aliphatic carbocycles. The second-order valence-corrected chi connectivity index (χ2v) is 6.29. The van der Waals surface area contributed by atoms with Gasteiger partial charge >= 0.3 is 0 Å². The Morgan fingerprint density at radius 1 is 1.23 bits per heavy atom. The zero-order valence-corrected chi connectivity index (χ0v) is 15.9. The molecule has 0 fully saturated rings. The third-order valence-electron chi connectivity index (χ3n) is 3.73. The zero-order valence-electron chi connectivity index (χ0n) is 14.3. The van der Waals surface area contributed by atoms with Crippen LogP contribution in [0.15, 0.2) is 53.4 Å². The van der Waals surface area contributed by atoms with E-state index in [0.717, 1.165) is 10.0 Å². The first-order valence-electron chi connectivity index (χ1n) is 7.76. The van der Waals surface area contributed by atoms with Gasteiger partial charge in [0.2, 0.25) is 0 Å². The van der Waals surface area contributed by atoms with Crippen LogP contribution in [0.2, 0.25) is 0 Å². The number of methoxy groups -OCH3 is 2. The number of hydrogen-bond donors (Lipinski definition) is 1. The number of carbonyl (C=O) groups is 1. The summed E-state index contributed by atoms with van der Waals surface area (Å²) in [5.74, 6) is 1.58. The first-order valence-corrected chi connectivity index (χ1v) is 8.55. The molecule has 3 rings (SSSR count). The molecule has 0 saturated carbocycles. The van der Waals surface area contributed by atoms with Crippen molar-refractivity contribution in [3.05, 3.63) is 64.5 Å². The van der Waals surface area contributed by atoms with E-state index in [0.29, 0.717) is 29.4 Å². The number of benzene rings is 1. The topological polar surface area (TPSA) is 78.3 Å².